The van der Waals surface area contributed by atoms with Gasteiger partial charge in [0.25, 0.3) is 5.91 Å². The highest BCUT2D eigenvalue weighted by molar-refractivity contribution is 6.02. The smallest absolute Gasteiger partial charge is 0.273 e. The molecule has 0 saturated heterocycles. The number of rotatable bonds is 2. The van der Waals surface area contributed by atoms with Crippen molar-refractivity contribution in [1.29, 1.82) is 0 Å². The number of hydrogen-bond acceptors (Lipinski definition) is 3. The summed E-state index contributed by atoms with van der Waals surface area (Å²) in [4.78, 5) is 11.7. The number of nitrogens with zero attached hydrogens (tertiary/aromatic N) is 1. The number of nitrogens with one attached hydrogen (secondary N) is 2. The van der Waals surface area contributed by atoms with Gasteiger partial charge in [-0.25, -0.2) is 0 Å². The average Bonchev–Trinajstić information content (AvgIpc) is 2.91. The van der Waals surface area contributed by atoms with Gasteiger partial charge in [0.05, 0.1) is 0 Å². The minimum absolute atomic E-state index is 0.190. The maximum Gasteiger partial charge on any atom is 0.273 e. The monoisotopic (exact) mass is 241 g/mol. The number of carbonyl (C=O) groups is 1. The third kappa shape index (κ3) is 2.97. The lowest BCUT2D eigenvalue weighted by Crippen LogP contribution is -2.12. The lowest BCUT2D eigenvalue weighted by molar-refractivity contribution is 0.102. The van der Waals surface area contributed by atoms with Gasteiger partial charge in [-0.2, -0.15) is 5.10 Å². The van der Waals surface area contributed by atoms with Gasteiger partial charge in [0, 0.05) is 17.4 Å². The van der Waals surface area contributed by atoms with E-state index in [1.165, 1.54) is 6.20 Å². The van der Waals surface area contributed by atoms with Crippen molar-refractivity contribution in [3.8, 4) is 11.8 Å². The van der Waals surface area contributed by atoms with Gasteiger partial charge in [0.1, 0.15) is 12.3 Å². The van der Waals surface area contributed by atoms with Crippen LogP contribution in [0.1, 0.15) is 16.1 Å². The highest BCUT2D eigenvalue weighted by atomic mass is 16.2. The Morgan fingerprint density at radius 1 is 1.44 bits per heavy atom. The summed E-state index contributed by atoms with van der Waals surface area (Å²) in [6.07, 6.45) is 1.51. The molecule has 18 heavy (non-hydrogen) atoms. The fourth-order valence-electron chi connectivity index (χ4n) is 1.40. The normalized spacial score (nSPS) is 9.39. The molecule has 0 spiro atoms. The average molecular weight is 241 g/mol. The number of anilines is 1. The van der Waals surface area contributed by atoms with Crippen molar-refractivity contribution >= 4 is 11.6 Å². The standard InChI is InChI=1S/C13H11N3O2/c17-8-2-4-10-3-1-5-11(9-10)15-13(18)12-6-7-14-16-12/h1,3,5-7,9,17H,8H2,(H,14,16)(H,15,18). The van der Waals surface area contributed by atoms with Crippen molar-refractivity contribution < 1.29 is 9.90 Å². The Hall–Kier alpha value is -2.58. The number of aromatic nitrogens is 2. The van der Waals surface area contributed by atoms with Crippen molar-refractivity contribution in [2.75, 3.05) is 11.9 Å². The Morgan fingerprint density at radius 3 is 3.06 bits per heavy atom. The second kappa shape index (κ2) is 5.66. The topological polar surface area (TPSA) is 78.0 Å². The predicted molar refractivity (Wildman–Crippen MR) is 66.9 cm³/mol. The number of aliphatic hydroxyl groups is 1. The molecule has 5 nitrogen and oxygen atoms in total. The summed E-state index contributed by atoms with van der Waals surface area (Å²) < 4.78 is 0. The van der Waals surface area contributed by atoms with E-state index in [0.29, 0.717) is 11.4 Å². The highest BCUT2D eigenvalue weighted by Crippen LogP contribution is 2.10. The highest BCUT2D eigenvalue weighted by Gasteiger charge is 2.06. The molecule has 2 rings (SSSR count). The number of aromatic amines is 1. The molecule has 1 amide bonds. The van der Waals surface area contributed by atoms with Crippen LogP contribution in [-0.2, 0) is 0 Å². The first-order chi connectivity index (χ1) is 8.79. The molecule has 0 aliphatic rings. The van der Waals surface area contributed by atoms with E-state index >= 15 is 0 Å². The van der Waals surface area contributed by atoms with E-state index in [9.17, 15) is 4.79 Å². The lowest BCUT2D eigenvalue weighted by atomic mass is 10.2. The maximum absolute atomic E-state index is 11.7. The van der Waals surface area contributed by atoms with Crippen LogP contribution in [0.3, 0.4) is 0 Å². The number of hydrogen-bond donors (Lipinski definition) is 3. The zero-order valence-corrected chi connectivity index (χ0v) is 9.47. The molecular formula is C13H11N3O2. The van der Waals surface area contributed by atoms with Crippen LogP contribution in [0.15, 0.2) is 36.5 Å². The first-order valence-corrected chi connectivity index (χ1v) is 5.30. The van der Waals surface area contributed by atoms with E-state index in [0.717, 1.165) is 5.56 Å². The molecule has 1 heterocycles. The first kappa shape index (κ1) is 11.9. The molecule has 0 bridgehead atoms. The van der Waals surface area contributed by atoms with Crippen molar-refractivity contribution in [3.63, 3.8) is 0 Å². The molecule has 5 heteroatoms. The quantitative estimate of drug-likeness (QED) is 0.686. The summed E-state index contributed by atoms with van der Waals surface area (Å²) in [5, 5.41) is 17.6. The number of carbonyl (C=O) groups excluding carboxylic acids is 1. The SMILES string of the molecule is O=C(Nc1cccc(C#CCO)c1)c1ccn[nH]1. The zero-order valence-electron chi connectivity index (χ0n) is 9.47. The Balaban J connectivity index is 2.12. The lowest BCUT2D eigenvalue weighted by Gasteiger charge is -2.03. The summed E-state index contributed by atoms with van der Waals surface area (Å²) in [6.45, 7) is -0.190. The van der Waals surface area contributed by atoms with Crippen molar-refractivity contribution in [3.05, 3.63) is 47.8 Å². The Bertz CT molecular complexity index is 594. The van der Waals surface area contributed by atoms with Crippen LogP contribution in [-0.4, -0.2) is 27.8 Å². The molecule has 3 N–H and O–H groups in total. The molecule has 0 unspecified atom stereocenters. The van der Waals surface area contributed by atoms with Crippen LogP contribution in [0.5, 0.6) is 0 Å². The van der Waals surface area contributed by atoms with Crippen LogP contribution in [0.4, 0.5) is 5.69 Å². The third-order valence-electron chi connectivity index (χ3n) is 2.18. The van der Waals surface area contributed by atoms with Crippen molar-refractivity contribution in [2.24, 2.45) is 0 Å². The van der Waals surface area contributed by atoms with E-state index in [1.807, 2.05) is 0 Å². The van der Waals surface area contributed by atoms with Gasteiger partial charge in [-0.3, -0.25) is 9.89 Å². The van der Waals surface area contributed by atoms with Gasteiger partial charge >= 0.3 is 0 Å². The Kier molecular flexibility index (Phi) is 3.74. The number of amides is 1. The van der Waals surface area contributed by atoms with E-state index < -0.39 is 0 Å². The summed E-state index contributed by atoms with van der Waals surface area (Å²) >= 11 is 0. The number of aliphatic hydroxyl groups excluding tert-OH is 1. The minimum Gasteiger partial charge on any atom is -0.384 e. The van der Waals surface area contributed by atoms with Crippen LogP contribution >= 0.6 is 0 Å². The van der Waals surface area contributed by atoms with Crippen LogP contribution in [0.2, 0.25) is 0 Å². The molecule has 0 fully saturated rings. The van der Waals surface area contributed by atoms with Gasteiger partial charge in [0.2, 0.25) is 0 Å². The first-order valence-electron chi connectivity index (χ1n) is 5.30. The fourth-order valence-corrected chi connectivity index (χ4v) is 1.40. The van der Waals surface area contributed by atoms with Crippen molar-refractivity contribution in [1.82, 2.24) is 10.2 Å². The maximum atomic E-state index is 11.7. The molecule has 0 radical (unpaired) electrons. The molecule has 0 aliphatic carbocycles. The van der Waals surface area contributed by atoms with E-state index in [4.69, 9.17) is 5.11 Å². The predicted octanol–water partition coefficient (Wildman–Crippen LogP) is 1.01. The van der Waals surface area contributed by atoms with Crippen LogP contribution in [0.25, 0.3) is 0 Å². The van der Waals surface area contributed by atoms with Crippen molar-refractivity contribution in [2.45, 2.75) is 0 Å². The molecule has 1 aromatic heterocycles. The summed E-state index contributed by atoms with van der Waals surface area (Å²) in [7, 11) is 0. The van der Waals surface area contributed by atoms with Gasteiger partial charge in [-0.15, -0.1) is 0 Å². The summed E-state index contributed by atoms with van der Waals surface area (Å²) in [5.41, 5.74) is 1.76. The largest absolute Gasteiger partial charge is 0.384 e. The minimum atomic E-state index is -0.264. The van der Waals surface area contributed by atoms with Gasteiger partial charge in [-0.1, -0.05) is 17.9 Å². The molecule has 2 aromatic rings. The fraction of sp³-hybridized carbons (Fsp3) is 0.0769. The zero-order chi connectivity index (χ0) is 12.8. The van der Waals surface area contributed by atoms with Crippen LogP contribution in [0, 0.1) is 11.8 Å². The second-order valence-corrected chi connectivity index (χ2v) is 3.47. The Morgan fingerprint density at radius 2 is 2.33 bits per heavy atom. The van der Waals surface area contributed by atoms with Gasteiger partial charge in [-0.05, 0) is 24.3 Å². The van der Waals surface area contributed by atoms with E-state index in [-0.39, 0.29) is 12.5 Å². The van der Waals surface area contributed by atoms with Gasteiger partial charge in [0.15, 0.2) is 0 Å². The molecule has 0 aliphatic heterocycles. The molecule has 0 atom stereocenters. The number of H-pyrrole nitrogens is 1. The van der Waals surface area contributed by atoms with E-state index in [2.05, 4.69) is 27.4 Å². The summed E-state index contributed by atoms with van der Waals surface area (Å²) in [6, 6.07) is 8.67. The van der Waals surface area contributed by atoms with E-state index in [1.54, 1.807) is 30.3 Å². The molecule has 90 valence electrons. The third-order valence-corrected chi connectivity index (χ3v) is 2.18. The van der Waals surface area contributed by atoms with Gasteiger partial charge < -0.3 is 10.4 Å². The second-order valence-electron chi connectivity index (χ2n) is 3.47. The number of benzene rings is 1. The molecule has 0 saturated carbocycles. The Labute approximate surface area is 104 Å². The van der Waals surface area contributed by atoms with Crippen LogP contribution < -0.4 is 5.32 Å². The molecular weight excluding hydrogens is 230 g/mol. The summed E-state index contributed by atoms with van der Waals surface area (Å²) in [5.74, 6) is 5.06. The molecule has 1 aromatic carbocycles.